The van der Waals surface area contributed by atoms with Crippen molar-refractivity contribution < 1.29 is 9.13 Å². The van der Waals surface area contributed by atoms with Crippen molar-refractivity contribution in [3.05, 3.63) is 29.6 Å². The van der Waals surface area contributed by atoms with E-state index in [1.54, 1.807) is 19.2 Å². The number of methoxy groups -OCH3 is 1. The smallest absolute Gasteiger partial charge is 0.123 e. The van der Waals surface area contributed by atoms with E-state index in [0.717, 1.165) is 24.2 Å². The van der Waals surface area contributed by atoms with Crippen molar-refractivity contribution in [3.63, 3.8) is 0 Å². The van der Waals surface area contributed by atoms with E-state index in [-0.39, 0.29) is 5.82 Å². The molecule has 90 valence electrons. The van der Waals surface area contributed by atoms with Crippen LogP contribution >= 0.6 is 15.9 Å². The second-order valence-electron chi connectivity index (χ2n) is 4.25. The Hall–Kier alpha value is -0.570. The molecule has 0 aromatic heterocycles. The molecule has 0 aliphatic rings. The third kappa shape index (κ3) is 3.78. The average Bonchev–Trinajstić information content (AvgIpc) is 2.25. The van der Waals surface area contributed by atoms with Crippen molar-refractivity contribution in [2.24, 2.45) is 5.92 Å². The normalized spacial score (nSPS) is 12.9. The van der Waals surface area contributed by atoms with Gasteiger partial charge in [0.25, 0.3) is 0 Å². The lowest BCUT2D eigenvalue weighted by molar-refractivity contribution is 0.407. The van der Waals surface area contributed by atoms with Gasteiger partial charge >= 0.3 is 0 Å². The molecule has 0 radical (unpaired) electrons. The molecule has 0 aliphatic heterocycles. The van der Waals surface area contributed by atoms with Crippen LogP contribution in [0.25, 0.3) is 0 Å². The zero-order valence-corrected chi connectivity index (χ0v) is 11.6. The number of alkyl halides is 1. The largest absolute Gasteiger partial charge is 0.496 e. The Morgan fingerprint density at radius 3 is 2.62 bits per heavy atom. The van der Waals surface area contributed by atoms with Gasteiger partial charge in [0.1, 0.15) is 11.6 Å². The predicted molar refractivity (Wildman–Crippen MR) is 68.8 cm³/mol. The van der Waals surface area contributed by atoms with E-state index >= 15 is 0 Å². The summed E-state index contributed by atoms with van der Waals surface area (Å²) in [5, 5.41) is 0. The Morgan fingerprint density at radius 1 is 1.38 bits per heavy atom. The number of aryl methyl sites for hydroxylation is 1. The van der Waals surface area contributed by atoms with E-state index in [2.05, 4.69) is 29.8 Å². The van der Waals surface area contributed by atoms with Crippen LogP contribution in [0.15, 0.2) is 18.2 Å². The Balaban J connectivity index is 2.68. The van der Waals surface area contributed by atoms with Gasteiger partial charge in [-0.3, -0.25) is 0 Å². The van der Waals surface area contributed by atoms with E-state index in [1.807, 2.05) is 0 Å². The number of halogens is 2. The van der Waals surface area contributed by atoms with E-state index in [0.29, 0.717) is 10.7 Å². The van der Waals surface area contributed by atoms with Crippen molar-refractivity contribution in [2.75, 3.05) is 7.11 Å². The fourth-order valence-corrected chi connectivity index (χ4v) is 1.80. The standard InChI is InChI=1S/C13H18BrFO/c1-9(2)12(14)6-4-10-8-11(15)5-7-13(10)16-3/h5,7-9,12H,4,6H2,1-3H3. The highest BCUT2D eigenvalue weighted by Gasteiger charge is 2.11. The average molecular weight is 289 g/mol. The molecular formula is C13H18BrFO. The van der Waals surface area contributed by atoms with Crippen LogP contribution in [0.3, 0.4) is 0 Å². The van der Waals surface area contributed by atoms with Crippen LogP contribution in [0.2, 0.25) is 0 Å². The molecule has 0 heterocycles. The third-order valence-corrected chi connectivity index (χ3v) is 4.17. The van der Waals surface area contributed by atoms with E-state index in [9.17, 15) is 4.39 Å². The van der Waals surface area contributed by atoms with Crippen molar-refractivity contribution in [2.45, 2.75) is 31.5 Å². The van der Waals surface area contributed by atoms with Crippen molar-refractivity contribution in [1.82, 2.24) is 0 Å². The summed E-state index contributed by atoms with van der Waals surface area (Å²) in [5.74, 6) is 1.15. The zero-order chi connectivity index (χ0) is 12.1. The fourth-order valence-electron chi connectivity index (χ4n) is 1.57. The molecule has 0 aliphatic carbocycles. The number of ether oxygens (including phenoxy) is 1. The second-order valence-corrected chi connectivity index (χ2v) is 5.43. The van der Waals surface area contributed by atoms with Crippen molar-refractivity contribution in [3.8, 4) is 5.75 Å². The van der Waals surface area contributed by atoms with Crippen LogP contribution in [0.4, 0.5) is 4.39 Å². The molecule has 0 spiro atoms. The SMILES string of the molecule is COc1ccc(F)cc1CCC(Br)C(C)C. The van der Waals surface area contributed by atoms with Crippen LogP contribution < -0.4 is 4.74 Å². The van der Waals surface area contributed by atoms with Gasteiger partial charge in [0, 0.05) is 4.83 Å². The molecule has 1 nitrogen and oxygen atoms in total. The highest BCUT2D eigenvalue weighted by atomic mass is 79.9. The molecule has 1 rings (SSSR count). The maximum atomic E-state index is 13.1. The lowest BCUT2D eigenvalue weighted by Gasteiger charge is -2.14. The molecule has 0 fully saturated rings. The molecule has 0 N–H and O–H groups in total. The van der Waals surface area contributed by atoms with Gasteiger partial charge in [-0.2, -0.15) is 0 Å². The van der Waals surface area contributed by atoms with Crippen LogP contribution in [0, 0.1) is 11.7 Å². The van der Waals surface area contributed by atoms with Gasteiger partial charge in [-0.25, -0.2) is 4.39 Å². The summed E-state index contributed by atoms with van der Waals surface area (Å²) in [6, 6.07) is 4.67. The monoisotopic (exact) mass is 288 g/mol. The van der Waals surface area contributed by atoms with Crippen molar-refractivity contribution >= 4 is 15.9 Å². The quantitative estimate of drug-likeness (QED) is 0.739. The topological polar surface area (TPSA) is 9.23 Å². The Morgan fingerprint density at radius 2 is 2.06 bits per heavy atom. The second kappa shape index (κ2) is 6.24. The summed E-state index contributed by atoms with van der Waals surface area (Å²) >= 11 is 3.63. The summed E-state index contributed by atoms with van der Waals surface area (Å²) in [7, 11) is 1.62. The van der Waals surface area contributed by atoms with Crippen LogP contribution in [0.5, 0.6) is 5.75 Å². The molecule has 1 atom stereocenters. The number of hydrogen-bond acceptors (Lipinski definition) is 1. The van der Waals surface area contributed by atoms with Gasteiger partial charge in [0.15, 0.2) is 0 Å². The first-order valence-electron chi connectivity index (χ1n) is 5.51. The summed E-state index contributed by atoms with van der Waals surface area (Å²) in [5.41, 5.74) is 0.938. The van der Waals surface area contributed by atoms with Crippen molar-refractivity contribution in [1.29, 1.82) is 0 Å². The molecule has 0 bridgehead atoms. The predicted octanol–water partition coefficient (Wildman–Crippen LogP) is 4.19. The molecule has 1 unspecified atom stereocenters. The van der Waals surface area contributed by atoms with Gasteiger partial charge in [-0.15, -0.1) is 0 Å². The highest BCUT2D eigenvalue weighted by molar-refractivity contribution is 9.09. The van der Waals surface area contributed by atoms with E-state index in [1.165, 1.54) is 6.07 Å². The highest BCUT2D eigenvalue weighted by Crippen LogP contribution is 2.24. The van der Waals surface area contributed by atoms with Gasteiger partial charge in [0.2, 0.25) is 0 Å². The molecule has 0 saturated heterocycles. The van der Waals surface area contributed by atoms with Gasteiger partial charge in [0.05, 0.1) is 7.11 Å². The molecule has 16 heavy (non-hydrogen) atoms. The Kier molecular flexibility index (Phi) is 5.26. The Labute approximate surface area is 105 Å². The summed E-state index contributed by atoms with van der Waals surface area (Å²) in [6.45, 7) is 4.34. The van der Waals surface area contributed by atoms with Crippen LogP contribution in [-0.4, -0.2) is 11.9 Å². The molecule has 1 aromatic carbocycles. The molecular weight excluding hydrogens is 271 g/mol. The molecule has 0 amide bonds. The van der Waals surface area contributed by atoms with Crippen LogP contribution in [0.1, 0.15) is 25.8 Å². The lowest BCUT2D eigenvalue weighted by atomic mass is 10.0. The van der Waals surface area contributed by atoms with E-state index in [4.69, 9.17) is 4.74 Å². The summed E-state index contributed by atoms with van der Waals surface area (Å²) < 4.78 is 18.3. The third-order valence-electron chi connectivity index (χ3n) is 2.66. The first-order valence-corrected chi connectivity index (χ1v) is 6.42. The minimum absolute atomic E-state index is 0.202. The molecule has 1 aromatic rings. The lowest BCUT2D eigenvalue weighted by Crippen LogP contribution is -2.08. The molecule has 3 heteroatoms. The van der Waals surface area contributed by atoms with Gasteiger partial charge in [-0.05, 0) is 42.5 Å². The fraction of sp³-hybridized carbons (Fsp3) is 0.538. The van der Waals surface area contributed by atoms with Gasteiger partial charge in [-0.1, -0.05) is 29.8 Å². The molecule has 0 saturated carbocycles. The summed E-state index contributed by atoms with van der Waals surface area (Å²) in [6.07, 6.45) is 1.81. The minimum atomic E-state index is -0.202. The van der Waals surface area contributed by atoms with E-state index < -0.39 is 0 Å². The first kappa shape index (κ1) is 13.5. The van der Waals surface area contributed by atoms with Gasteiger partial charge < -0.3 is 4.74 Å². The van der Waals surface area contributed by atoms with Crippen LogP contribution in [-0.2, 0) is 6.42 Å². The maximum absolute atomic E-state index is 13.1. The first-order chi connectivity index (χ1) is 7.54. The zero-order valence-electron chi connectivity index (χ0n) is 9.97. The number of rotatable bonds is 5. The number of hydrogen-bond donors (Lipinski definition) is 0. The maximum Gasteiger partial charge on any atom is 0.123 e. The minimum Gasteiger partial charge on any atom is -0.496 e. The Bertz CT molecular complexity index is 339. The summed E-state index contributed by atoms with van der Waals surface area (Å²) in [4.78, 5) is 0.459. The number of benzene rings is 1.